The van der Waals surface area contributed by atoms with E-state index >= 15 is 0 Å². The smallest absolute Gasteiger partial charge is 0.157 e. The summed E-state index contributed by atoms with van der Waals surface area (Å²) in [5.41, 5.74) is 0. The van der Waals surface area contributed by atoms with Crippen molar-refractivity contribution < 1.29 is 52.1 Å². The second-order valence-corrected chi connectivity index (χ2v) is 11.7. The molecule has 11 heteroatoms. The first kappa shape index (κ1) is 44.6. The molecule has 1 heterocycles. The van der Waals surface area contributed by atoms with Crippen molar-refractivity contribution in [2.45, 2.75) is 103 Å². The molecule has 0 saturated carbocycles. The summed E-state index contributed by atoms with van der Waals surface area (Å²) < 4.78 is 60.9. The molecule has 1 aliphatic rings. The highest BCUT2D eigenvalue weighted by molar-refractivity contribution is 4.54. The average Bonchev–Trinajstić information content (AvgIpc) is 3.09. The Labute approximate surface area is 287 Å². The lowest BCUT2D eigenvalue weighted by Crippen LogP contribution is -2.24. The molecule has 0 radical (unpaired) electrons. The van der Waals surface area contributed by atoms with Crippen LogP contribution in [0.1, 0.15) is 96.8 Å². The van der Waals surface area contributed by atoms with Crippen molar-refractivity contribution in [1.82, 2.24) is 0 Å². The maximum Gasteiger partial charge on any atom is 0.157 e. The van der Waals surface area contributed by atoms with Gasteiger partial charge in [0.25, 0.3) is 0 Å². The van der Waals surface area contributed by atoms with Gasteiger partial charge in [0.1, 0.15) is 0 Å². The first-order valence-electron chi connectivity index (χ1n) is 18.9. The van der Waals surface area contributed by atoms with E-state index in [1.807, 2.05) is 0 Å². The van der Waals surface area contributed by atoms with Crippen molar-refractivity contribution in [2.24, 2.45) is 0 Å². The largest absolute Gasteiger partial charge is 0.379 e. The molecule has 0 aliphatic carbocycles. The quantitative estimate of drug-likeness (QED) is 0.0714. The average molecular weight is 681 g/mol. The maximum absolute atomic E-state index is 5.66. The SMILES string of the molecule is CCCCCCCCCCCCCOCCOCCOCCOCCOCCOCCOCCOCCOCCOC1CCCCO1. The molecule has 282 valence electrons. The molecule has 47 heavy (non-hydrogen) atoms. The maximum atomic E-state index is 5.66. The Morgan fingerprint density at radius 2 is 0.681 bits per heavy atom. The number of unbranched alkanes of at least 4 members (excludes halogenated alkanes) is 10. The van der Waals surface area contributed by atoms with E-state index in [0.717, 1.165) is 32.5 Å². The molecule has 0 bridgehead atoms. The fourth-order valence-corrected chi connectivity index (χ4v) is 4.81. The monoisotopic (exact) mass is 681 g/mol. The third-order valence-corrected chi connectivity index (χ3v) is 7.54. The standard InChI is InChI=1S/C36H72O11/c1-2-3-4-5-6-7-8-9-10-11-13-16-37-18-19-38-20-21-39-22-23-40-24-25-41-26-27-42-28-29-43-30-31-44-32-33-45-34-35-47-36-15-12-14-17-46-36/h36H,2-35H2,1H3. The molecule has 0 N–H and O–H groups in total. The van der Waals surface area contributed by atoms with Gasteiger partial charge in [0.05, 0.1) is 119 Å². The highest BCUT2D eigenvalue weighted by Gasteiger charge is 2.13. The van der Waals surface area contributed by atoms with Gasteiger partial charge >= 0.3 is 0 Å². The number of ether oxygens (including phenoxy) is 11. The topological polar surface area (TPSA) is 102 Å². The van der Waals surface area contributed by atoms with Crippen molar-refractivity contribution >= 4 is 0 Å². The molecule has 11 nitrogen and oxygen atoms in total. The van der Waals surface area contributed by atoms with Crippen LogP contribution in [-0.2, 0) is 52.1 Å². The summed E-state index contributed by atoms with van der Waals surface area (Å²) in [5, 5.41) is 0. The normalized spacial score (nSPS) is 15.1. The second kappa shape index (κ2) is 40.0. The molecule has 0 amide bonds. The molecule has 0 aromatic carbocycles. The van der Waals surface area contributed by atoms with Gasteiger partial charge in [0, 0.05) is 13.2 Å². The zero-order chi connectivity index (χ0) is 33.4. The zero-order valence-corrected chi connectivity index (χ0v) is 30.1. The summed E-state index contributed by atoms with van der Waals surface area (Å²) >= 11 is 0. The van der Waals surface area contributed by atoms with Crippen LogP contribution in [0.15, 0.2) is 0 Å². The van der Waals surface area contributed by atoms with E-state index in [1.54, 1.807) is 0 Å². The van der Waals surface area contributed by atoms with Crippen LogP contribution in [0.4, 0.5) is 0 Å². The summed E-state index contributed by atoms with van der Waals surface area (Å²) in [4.78, 5) is 0. The Morgan fingerprint density at radius 1 is 0.362 bits per heavy atom. The van der Waals surface area contributed by atoms with E-state index in [0.29, 0.717) is 119 Å². The predicted molar refractivity (Wildman–Crippen MR) is 183 cm³/mol. The summed E-state index contributed by atoms with van der Waals surface area (Å²) in [6.45, 7) is 13.8. The van der Waals surface area contributed by atoms with Gasteiger partial charge in [-0.1, -0.05) is 71.1 Å². The van der Waals surface area contributed by atoms with Gasteiger partial charge < -0.3 is 52.1 Å². The van der Waals surface area contributed by atoms with Crippen LogP contribution >= 0.6 is 0 Å². The van der Waals surface area contributed by atoms with Gasteiger partial charge in [-0.05, 0) is 25.7 Å². The summed E-state index contributed by atoms with van der Waals surface area (Å²) in [7, 11) is 0. The van der Waals surface area contributed by atoms with Crippen LogP contribution in [0.3, 0.4) is 0 Å². The van der Waals surface area contributed by atoms with Crippen molar-refractivity contribution in [3.05, 3.63) is 0 Å². The van der Waals surface area contributed by atoms with Crippen molar-refractivity contribution in [3.8, 4) is 0 Å². The Balaban J connectivity index is 1.59. The van der Waals surface area contributed by atoms with E-state index in [4.69, 9.17) is 52.1 Å². The fourth-order valence-electron chi connectivity index (χ4n) is 4.81. The van der Waals surface area contributed by atoms with Crippen LogP contribution in [0.25, 0.3) is 0 Å². The highest BCUT2D eigenvalue weighted by Crippen LogP contribution is 2.13. The molecule has 1 unspecified atom stereocenters. The lowest BCUT2D eigenvalue weighted by molar-refractivity contribution is -0.169. The molecule has 1 fully saturated rings. The van der Waals surface area contributed by atoms with Gasteiger partial charge in [-0.2, -0.15) is 0 Å². The Morgan fingerprint density at radius 3 is 1.02 bits per heavy atom. The predicted octanol–water partition coefficient (Wildman–Crippen LogP) is 5.99. The van der Waals surface area contributed by atoms with Crippen molar-refractivity contribution in [3.63, 3.8) is 0 Å². The first-order chi connectivity index (χ1) is 23.4. The minimum Gasteiger partial charge on any atom is -0.379 e. The molecule has 1 saturated heterocycles. The third-order valence-electron chi connectivity index (χ3n) is 7.54. The molecule has 0 aromatic rings. The molecule has 1 atom stereocenters. The minimum atomic E-state index is -0.0603. The van der Waals surface area contributed by atoms with Crippen LogP contribution in [-0.4, -0.2) is 138 Å². The lowest BCUT2D eigenvalue weighted by atomic mass is 10.1. The van der Waals surface area contributed by atoms with E-state index in [2.05, 4.69) is 6.92 Å². The van der Waals surface area contributed by atoms with Gasteiger partial charge in [-0.15, -0.1) is 0 Å². The molecule has 0 aromatic heterocycles. The second-order valence-electron chi connectivity index (χ2n) is 11.7. The van der Waals surface area contributed by atoms with E-state index in [9.17, 15) is 0 Å². The fraction of sp³-hybridized carbons (Fsp3) is 1.00. The third kappa shape index (κ3) is 36.7. The number of hydrogen-bond donors (Lipinski definition) is 0. The zero-order valence-electron chi connectivity index (χ0n) is 30.1. The molecule has 1 aliphatic heterocycles. The molecular weight excluding hydrogens is 608 g/mol. The molecule has 0 spiro atoms. The summed E-state index contributed by atoms with van der Waals surface area (Å²) in [6, 6.07) is 0. The van der Waals surface area contributed by atoms with Gasteiger partial charge in [-0.25, -0.2) is 0 Å². The minimum absolute atomic E-state index is 0.0603. The van der Waals surface area contributed by atoms with Crippen LogP contribution in [0.2, 0.25) is 0 Å². The van der Waals surface area contributed by atoms with Crippen molar-refractivity contribution in [2.75, 3.05) is 132 Å². The molecule has 1 rings (SSSR count). The van der Waals surface area contributed by atoms with Crippen LogP contribution < -0.4 is 0 Å². The number of hydrogen-bond acceptors (Lipinski definition) is 11. The lowest BCUT2D eigenvalue weighted by Gasteiger charge is -2.22. The Kier molecular flexibility index (Phi) is 37.9. The van der Waals surface area contributed by atoms with Crippen LogP contribution in [0, 0.1) is 0 Å². The summed E-state index contributed by atoms with van der Waals surface area (Å²) in [5.74, 6) is 0. The van der Waals surface area contributed by atoms with E-state index in [1.165, 1.54) is 70.6 Å². The van der Waals surface area contributed by atoms with Crippen LogP contribution in [0.5, 0.6) is 0 Å². The highest BCUT2D eigenvalue weighted by atomic mass is 16.7. The number of rotatable bonds is 40. The van der Waals surface area contributed by atoms with Gasteiger partial charge in [-0.3, -0.25) is 0 Å². The van der Waals surface area contributed by atoms with Gasteiger partial charge in [0.15, 0.2) is 6.29 Å². The first-order valence-corrected chi connectivity index (χ1v) is 18.9. The van der Waals surface area contributed by atoms with E-state index in [-0.39, 0.29) is 6.29 Å². The summed E-state index contributed by atoms with van der Waals surface area (Å²) in [6.07, 6.45) is 18.1. The van der Waals surface area contributed by atoms with Gasteiger partial charge in [0.2, 0.25) is 0 Å². The Hall–Kier alpha value is -0.440. The Bertz CT molecular complexity index is 567. The van der Waals surface area contributed by atoms with Crippen molar-refractivity contribution in [1.29, 1.82) is 0 Å². The van der Waals surface area contributed by atoms with E-state index < -0.39 is 0 Å². The molecular formula is C36H72O11.